The predicted molar refractivity (Wildman–Crippen MR) is 70.7 cm³/mol. The Morgan fingerprint density at radius 2 is 1.82 bits per heavy atom. The maximum absolute atomic E-state index is 11.8. The Bertz CT molecular complexity index is 363. The largest absolute Gasteiger partial charge is 0.352 e. The first-order valence-corrected chi connectivity index (χ1v) is 5.99. The van der Waals surface area contributed by atoms with Gasteiger partial charge in [0.1, 0.15) is 0 Å². The summed E-state index contributed by atoms with van der Waals surface area (Å²) >= 11 is 0. The normalized spacial score (nSPS) is 11.3. The van der Waals surface area contributed by atoms with Crippen molar-refractivity contribution in [1.29, 1.82) is 0 Å². The van der Waals surface area contributed by atoms with Gasteiger partial charge in [0.05, 0.1) is 0 Å². The van der Waals surface area contributed by atoms with Crippen LogP contribution in [-0.2, 0) is 6.54 Å². The molecular formula is C14H22N2O. The molecule has 17 heavy (non-hydrogen) atoms. The van der Waals surface area contributed by atoms with Crippen LogP contribution in [0.1, 0.15) is 43.1 Å². The van der Waals surface area contributed by atoms with Crippen LogP contribution in [0.3, 0.4) is 0 Å². The Hall–Kier alpha value is -1.35. The average Bonchev–Trinajstić information content (AvgIpc) is 2.27. The lowest BCUT2D eigenvalue weighted by atomic mass is 9.92. The van der Waals surface area contributed by atoms with Crippen LogP contribution in [-0.4, -0.2) is 12.5 Å². The number of hydrogen-bond acceptors (Lipinski definition) is 2. The number of amides is 1. The van der Waals surface area contributed by atoms with E-state index in [0.717, 1.165) is 12.0 Å². The molecule has 0 bridgehead atoms. The van der Waals surface area contributed by atoms with E-state index in [1.54, 1.807) is 0 Å². The van der Waals surface area contributed by atoms with Crippen LogP contribution in [0.2, 0.25) is 0 Å². The van der Waals surface area contributed by atoms with E-state index in [-0.39, 0.29) is 11.3 Å². The van der Waals surface area contributed by atoms with E-state index in [0.29, 0.717) is 18.7 Å². The number of carbonyl (C=O) groups is 1. The van der Waals surface area contributed by atoms with Crippen molar-refractivity contribution < 1.29 is 4.79 Å². The third-order valence-electron chi connectivity index (χ3n) is 2.61. The minimum Gasteiger partial charge on any atom is -0.352 e. The molecule has 0 aliphatic carbocycles. The molecule has 0 spiro atoms. The first-order chi connectivity index (χ1) is 7.92. The van der Waals surface area contributed by atoms with Crippen LogP contribution in [0.15, 0.2) is 24.3 Å². The molecule has 3 N–H and O–H groups in total. The molecule has 3 heteroatoms. The van der Waals surface area contributed by atoms with Gasteiger partial charge in [0.2, 0.25) is 0 Å². The van der Waals surface area contributed by atoms with Gasteiger partial charge in [-0.1, -0.05) is 32.9 Å². The summed E-state index contributed by atoms with van der Waals surface area (Å²) in [4.78, 5) is 11.8. The average molecular weight is 234 g/mol. The van der Waals surface area contributed by atoms with Gasteiger partial charge >= 0.3 is 0 Å². The minimum absolute atomic E-state index is 0.0159. The summed E-state index contributed by atoms with van der Waals surface area (Å²) in [7, 11) is 0. The van der Waals surface area contributed by atoms with Crippen LogP contribution in [0.25, 0.3) is 0 Å². The number of nitrogens with two attached hydrogens (primary N) is 1. The van der Waals surface area contributed by atoms with E-state index in [1.807, 2.05) is 24.3 Å². The van der Waals surface area contributed by atoms with Crippen molar-refractivity contribution in [1.82, 2.24) is 5.32 Å². The third-order valence-corrected chi connectivity index (χ3v) is 2.61. The molecule has 94 valence electrons. The van der Waals surface area contributed by atoms with E-state index in [9.17, 15) is 4.79 Å². The monoisotopic (exact) mass is 234 g/mol. The molecule has 0 aromatic heterocycles. The lowest BCUT2D eigenvalue weighted by molar-refractivity contribution is 0.0949. The van der Waals surface area contributed by atoms with E-state index in [1.165, 1.54) is 0 Å². The Morgan fingerprint density at radius 1 is 1.24 bits per heavy atom. The highest BCUT2D eigenvalue weighted by atomic mass is 16.1. The number of nitrogens with one attached hydrogen (secondary N) is 1. The van der Waals surface area contributed by atoms with Crippen molar-refractivity contribution in [2.45, 2.75) is 33.7 Å². The molecule has 3 nitrogen and oxygen atoms in total. The Balaban J connectivity index is 2.47. The smallest absolute Gasteiger partial charge is 0.251 e. The second-order valence-electron chi connectivity index (χ2n) is 5.47. The third kappa shape index (κ3) is 5.00. The fourth-order valence-corrected chi connectivity index (χ4v) is 1.45. The molecule has 0 aliphatic rings. The quantitative estimate of drug-likeness (QED) is 0.840. The number of hydrogen-bond donors (Lipinski definition) is 2. The van der Waals surface area contributed by atoms with Crippen molar-refractivity contribution >= 4 is 5.91 Å². The van der Waals surface area contributed by atoms with Gasteiger partial charge in [-0.05, 0) is 29.5 Å². The van der Waals surface area contributed by atoms with E-state index in [2.05, 4.69) is 26.1 Å². The summed E-state index contributed by atoms with van der Waals surface area (Å²) in [5.41, 5.74) is 7.48. The van der Waals surface area contributed by atoms with E-state index >= 15 is 0 Å². The molecule has 0 atom stereocenters. The summed E-state index contributed by atoms with van der Waals surface area (Å²) in [5, 5.41) is 2.92. The molecule has 1 aromatic rings. The van der Waals surface area contributed by atoms with Gasteiger partial charge in [-0.3, -0.25) is 4.79 Å². The molecule has 0 aliphatic heterocycles. The highest BCUT2D eigenvalue weighted by molar-refractivity contribution is 5.94. The molecule has 1 rings (SSSR count). The zero-order valence-electron chi connectivity index (χ0n) is 10.9. The SMILES string of the molecule is CC(C)(C)CCNC(=O)c1ccc(CN)cc1. The molecule has 0 unspecified atom stereocenters. The van der Waals surface area contributed by atoms with Gasteiger partial charge in [-0.15, -0.1) is 0 Å². The van der Waals surface area contributed by atoms with Gasteiger partial charge in [0.25, 0.3) is 5.91 Å². The Morgan fingerprint density at radius 3 is 2.29 bits per heavy atom. The van der Waals surface area contributed by atoms with Crippen molar-refractivity contribution in [2.24, 2.45) is 11.1 Å². The maximum Gasteiger partial charge on any atom is 0.251 e. The molecule has 0 heterocycles. The van der Waals surface area contributed by atoms with E-state index in [4.69, 9.17) is 5.73 Å². The Labute approximate surface area is 103 Å². The molecule has 0 saturated carbocycles. The lowest BCUT2D eigenvalue weighted by Gasteiger charge is -2.18. The fourth-order valence-electron chi connectivity index (χ4n) is 1.45. The van der Waals surface area contributed by atoms with Crippen LogP contribution < -0.4 is 11.1 Å². The summed E-state index contributed by atoms with van der Waals surface area (Å²) in [6, 6.07) is 7.40. The van der Waals surface area contributed by atoms with Gasteiger partial charge in [0.15, 0.2) is 0 Å². The van der Waals surface area contributed by atoms with Crippen LogP contribution in [0, 0.1) is 5.41 Å². The summed E-state index contributed by atoms with van der Waals surface area (Å²) in [6.07, 6.45) is 0.972. The van der Waals surface area contributed by atoms with Gasteiger partial charge in [-0.25, -0.2) is 0 Å². The topological polar surface area (TPSA) is 55.1 Å². The molecule has 1 amide bonds. The maximum atomic E-state index is 11.8. The zero-order valence-corrected chi connectivity index (χ0v) is 10.9. The highest BCUT2D eigenvalue weighted by Crippen LogP contribution is 2.17. The standard InChI is InChI=1S/C14H22N2O/c1-14(2,3)8-9-16-13(17)12-6-4-11(10-15)5-7-12/h4-7H,8-10,15H2,1-3H3,(H,16,17). The molecular weight excluding hydrogens is 212 g/mol. The van der Waals surface area contributed by atoms with Crippen LogP contribution in [0.4, 0.5) is 0 Å². The first-order valence-electron chi connectivity index (χ1n) is 5.99. The predicted octanol–water partition coefficient (Wildman–Crippen LogP) is 2.31. The summed E-state index contributed by atoms with van der Waals surface area (Å²) < 4.78 is 0. The number of benzene rings is 1. The van der Waals surface area contributed by atoms with Gasteiger partial charge in [-0.2, -0.15) is 0 Å². The summed E-state index contributed by atoms with van der Waals surface area (Å²) in [5.74, 6) is -0.0159. The molecule has 0 fully saturated rings. The van der Waals surface area contributed by atoms with Crippen LogP contribution >= 0.6 is 0 Å². The Kier molecular flexibility index (Phi) is 4.70. The lowest BCUT2D eigenvalue weighted by Crippen LogP contribution is -2.27. The second-order valence-corrected chi connectivity index (χ2v) is 5.47. The van der Waals surface area contributed by atoms with Crippen molar-refractivity contribution in [3.05, 3.63) is 35.4 Å². The minimum atomic E-state index is -0.0159. The second kappa shape index (κ2) is 5.82. The van der Waals surface area contributed by atoms with Gasteiger partial charge in [0, 0.05) is 18.7 Å². The fraction of sp³-hybridized carbons (Fsp3) is 0.500. The number of carbonyl (C=O) groups excluding carboxylic acids is 1. The van der Waals surface area contributed by atoms with Crippen molar-refractivity contribution in [2.75, 3.05) is 6.54 Å². The molecule has 1 aromatic carbocycles. The zero-order chi connectivity index (χ0) is 12.9. The molecule has 0 radical (unpaired) electrons. The van der Waals surface area contributed by atoms with Crippen molar-refractivity contribution in [3.8, 4) is 0 Å². The van der Waals surface area contributed by atoms with Crippen molar-refractivity contribution in [3.63, 3.8) is 0 Å². The van der Waals surface area contributed by atoms with E-state index < -0.39 is 0 Å². The van der Waals surface area contributed by atoms with Crippen LogP contribution in [0.5, 0.6) is 0 Å². The summed E-state index contributed by atoms with van der Waals surface area (Å²) in [6.45, 7) is 7.70. The van der Waals surface area contributed by atoms with Gasteiger partial charge < -0.3 is 11.1 Å². The molecule has 0 saturated heterocycles. The first kappa shape index (κ1) is 13.7. The number of rotatable bonds is 4. The highest BCUT2D eigenvalue weighted by Gasteiger charge is 2.11.